The number of aromatic amines is 1. The minimum absolute atomic E-state index is 0.0807. The summed E-state index contributed by atoms with van der Waals surface area (Å²) in [4.78, 5) is 40.2. The zero-order valence-corrected chi connectivity index (χ0v) is 19.8. The number of ether oxygens (including phenoxy) is 1. The van der Waals surface area contributed by atoms with Crippen molar-refractivity contribution in [3.63, 3.8) is 0 Å². The van der Waals surface area contributed by atoms with Crippen LogP contribution < -0.4 is 16.1 Å². The second-order valence-corrected chi connectivity index (χ2v) is 8.24. The third kappa shape index (κ3) is 7.06. The summed E-state index contributed by atoms with van der Waals surface area (Å²) in [6.07, 6.45) is 4.06. The first-order valence-electron chi connectivity index (χ1n) is 11.6. The maximum absolute atomic E-state index is 13.2. The highest BCUT2D eigenvalue weighted by molar-refractivity contribution is 5.97. The standard InChI is InChI=1S/C28H26N4O5/c33-26(32-36)15-12-19-10-13-22(14-11-19)30-27(34)25(16-21-17-29-24-9-5-4-8-23(21)24)31-28(35)37-18-20-6-2-1-3-7-20/h1-15,17,25,29,36H,16,18H2,(H,30,34)(H,31,35)(H,32,33)/b15-12+. The summed E-state index contributed by atoms with van der Waals surface area (Å²) in [5.41, 5.74) is 5.37. The van der Waals surface area contributed by atoms with Gasteiger partial charge in [-0.2, -0.15) is 0 Å². The molecule has 1 aromatic heterocycles. The Morgan fingerprint density at radius 1 is 0.946 bits per heavy atom. The Labute approximate surface area is 213 Å². The van der Waals surface area contributed by atoms with Crippen LogP contribution in [0.15, 0.2) is 91.1 Å². The monoisotopic (exact) mass is 498 g/mol. The number of nitrogens with one attached hydrogen (secondary N) is 4. The SMILES string of the molecule is O=C(/C=C/c1ccc(NC(=O)C(Cc2c[nH]c3ccccc23)NC(=O)OCc2ccccc2)cc1)NO. The van der Waals surface area contributed by atoms with E-state index < -0.39 is 23.9 Å². The molecule has 1 atom stereocenters. The average molecular weight is 499 g/mol. The van der Waals surface area contributed by atoms with Gasteiger partial charge in [0.1, 0.15) is 12.6 Å². The molecule has 4 rings (SSSR count). The largest absolute Gasteiger partial charge is 0.445 e. The van der Waals surface area contributed by atoms with Gasteiger partial charge in [0, 0.05) is 35.3 Å². The highest BCUT2D eigenvalue weighted by Gasteiger charge is 2.23. The van der Waals surface area contributed by atoms with Gasteiger partial charge in [-0.1, -0.05) is 60.7 Å². The number of carbonyl (C=O) groups is 3. The Balaban J connectivity index is 1.46. The number of alkyl carbamates (subject to hydrolysis) is 1. The maximum Gasteiger partial charge on any atom is 0.408 e. The number of hydroxylamine groups is 1. The molecule has 4 aromatic rings. The normalized spacial score (nSPS) is 11.7. The number of para-hydroxylation sites is 1. The van der Waals surface area contributed by atoms with Crippen LogP contribution in [0.2, 0.25) is 0 Å². The Morgan fingerprint density at radius 2 is 1.68 bits per heavy atom. The molecule has 0 aliphatic heterocycles. The van der Waals surface area contributed by atoms with E-state index in [0.717, 1.165) is 22.0 Å². The predicted molar refractivity (Wildman–Crippen MR) is 140 cm³/mol. The van der Waals surface area contributed by atoms with Crippen molar-refractivity contribution in [3.05, 3.63) is 108 Å². The van der Waals surface area contributed by atoms with Crippen molar-refractivity contribution >= 4 is 40.6 Å². The molecule has 5 N–H and O–H groups in total. The van der Waals surface area contributed by atoms with Crippen molar-refractivity contribution in [2.75, 3.05) is 5.32 Å². The molecule has 9 nitrogen and oxygen atoms in total. The number of hydrogen-bond acceptors (Lipinski definition) is 5. The first-order chi connectivity index (χ1) is 18.0. The van der Waals surface area contributed by atoms with Gasteiger partial charge < -0.3 is 20.4 Å². The first kappa shape index (κ1) is 25.2. The molecule has 0 fully saturated rings. The Kier molecular flexibility index (Phi) is 8.30. The van der Waals surface area contributed by atoms with Gasteiger partial charge in [0.25, 0.3) is 5.91 Å². The molecular formula is C28H26N4O5. The number of hydrogen-bond donors (Lipinski definition) is 5. The summed E-state index contributed by atoms with van der Waals surface area (Å²) in [6.45, 7) is 0.0807. The lowest BCUT2D eigenvalue weighted by atomic mass is 10.0. The van der Waals surface area contributed by atoms with Crippen LogP contribution in [0, 0.1) is 0 Å². The fourth-order valence-electron chi connectivity index (χ4n) is 3.75. The Hall–Kier alpha value is -4.89. The molecular weight excluding hydrogens is 472 g/mol. The van der Waals surface area contributed by atoms with Crippen LogP contribution in [0.3, 0.4) is 0 Å². The molecule has 0 saturated carbocycles. The van der Waals surface area contributed by atoms with Crippen LogP contribution in [0.4, 0.5) is 10.5 Å². The summed E-state index contributed by atoms with van der Waals surface area (Å²) >= 11 is 0. The predicted octanol–water partition coefficient (Wildman–Crippen LogP) is 4.16. The lowest BCUT2D eigenvalue weighted by Gasteiger charge is -2.18. The number of rotatable bonds is 9. The van der Waals surface area contributed by atoms with E-state index in [2.05, 4.69) is 15.6 Å². The molecule has 9 heteroatoms. The number of benzene rings is 3. The number of H-pyrrole nitrogens is 1. The molecule has 1 heterocycles. The molecule has 37 heavy (non-hydrogen) atoms. The number of anilines is 1. The molecule has 0 spiro atoms. The van der Waals surface area contributed by atoms with Crippen molar-refractivity contribution in [3.8, 4) is 0 Å². The van der Waals surface area contributed by atoms with Gasteiger partial charge in [-0.05, 0) is 41.0 Å². The zero-order valence-electron chi connectivity index (χ0n) is 19.8. The molecule has 3 aromatic carbocycles. The molecule has 1 unspecified atom stereocenters. The zero-order chi connectivity index (χ0) is 26.0. The van der Waals surface area contributed by atoms with E-state index in [9.17, 15) is 14.4 Å². The van der Waals surface area contributed by atoms with Crippen LogP contribution in [0.1, 0.15) is 16.7 Å². The van der Waals surface area contributed by atoms with Crippen molar-refractivity contribution in [2.45, 2.75) is 19.1 Å². The minimum atomic E-state index is -0.907. The number of fused-ring (bicyclic) bond motifs is 1. The van der Waals surface area contributed by atoms with E-state index in [4.69, 9.17) is 9.94 Å². The average Bonchev–Trinajstić information content (AvgIpc) is 3.34. The second-order valence-electron chi connectivity index (χ2n) is 8.24. The Morgan fingerprint density at radius 3 is 2.43 bits per heavy atom. The molecule has 188 valence electrons. The highest BCUT2D eigenvalue weighted by atomic mass is 16.5. The number of aromatic nitrogens is 1. The van der Waals surface area contributed by atoms with Gasteiger partial charge in [-0.15, -0.1) is 0 Å². The molecule has 0 aliphatic carbocycles. The molecule has 3 amide bonds. The van der Waals surface area contributed by atoms with Crippen molar-refractivity contribution in [1.29, 1.82) is 0 Å². The van der Waals surface area contributed by atoms with Crippen LogP contribution in [0.25, 0.3) is 17.0 Å². The van der Waals surface area contributed by atoms with Crippen LogP contribution >= 0.6 is 0 Å². The molecule has 0 bridgehead atoms. The van der Waals surface area contributed by atoms with E-state index >= 15 is 0 Å². The van der Waals surface area contributed by atoms with Gasteiger partial charge in [0.05, 0.1) is 0 Å². The number of amides is 3. The molecule has 0 saturated heterocycles. The first-order valence-corrected chi connectivity index (χ1v) is 11.6. The number of carbonyl (C=O) groups excluding carboxylic acids is 3. The van der Waals surface area contributed by atoms with Gasteiger partial charge in [0.15, 0.2) is 0 Å². The van der Waals surface area contributed by atoms with Gasteiger partial charge >= 0.3 is 6.09 Å². The van der Waals surface area contributed by atoms with E-state index in [1.54, 1.807) is 24.3 Å². The van der Waals surface area contributed by atoms with E-state index in [0.29, 0.717) is 11.3 Å². The van der Waals surface area contributed by atoms with Crippen LogP contribution in [-0.4, -0.2) is 34.1 Å². The summed E-state index contributed by atoms with van der Waals surface area (Å²) in [5.74, 6) is -1.06. The highest BCUT2D eigenvalue weighted by Crippen LogP contribution is 2.20. The third-order valence-corrected chi connectivity index (χ3v) is 5.64. The van der Waals surface area contributed by atoms with Crippen molar-refractivity contribution in [2.24, 2.45) is 0 Å². The van der Waals surface area contributed by atoms with Gasteiger partial charge in [0.2, 0.25) is 5.91 Å². The van der Waals surface area contributed by atoms with Crippen LogP contribution in [-0.2, 0) is 27.4 Å². The van der Waals surface area contributed by atoms with Crippen molar-refractivity contribution < 1.29 is 24.3 Å². The Bertz CT molecular complexity index is 1400. The van der Waals surface area contributed by atoms with Gasteiger partial charge in [-0.25, -0.2) is 10.3 Å². The van der Waals surface area contributed by atoms with Crippen molar-refractivity contribution in [1.82, 2.24) is 15.8 Å². The molecule has 0 radical (unpaired) electrons. The topological polar surface area (TPSA) is 133 Å². The van der Waals surface area contributed by atoms with E-state index in [1.165, 1.54) is 17.6 Å². The summed E-state index contributed by atoms with van der Waals surface area (Å²) in [5, 5.41) is 15.1. The summed E-state index contributed by atoms with van der Waals surface area (Å²) < 4.78 is 5.34. The fraction of sp³-hybridized carbons (Fsp3) is 0.107. The van der Waals surface area contributed by atoms with E-state index in [1.807, 2.05) is 60.8 Å². The van der Waals surface area contributed by atoms with E-state index in [-0.39, 0.29) is 13.0 Å². The maximum atomic E-state index is 13.2. The lowest BCUT2D eigenvalue weighted by molar-refractivity contribution is -0.124. The smallest absolute Gasteiger partial charge is 0.408 e. The quantitative estimate of drug-likeness (QED) is 0.134. The molecule has 0 aliphatic rings. The fourth-order valence-corrected chi connectivity index (χ4v) is 3.75. The third-order valence-electron chi connectivity index (χ3n) is 5.64. The second kappa shape index (κ2) is 12.2. The lowest BCUT2D eigenvalue weighted by Crippen LogP contribution is -2.45. The van der Waals surface area contributed by atoms with Gasteiger partial charge in [-0.3, -0.25) is 14.8 Å². The minimum Gasteiger partial charge on any atom is -0.445 e. The summed E-state index contributed by atoms with van der Waals surface area (Å²) in [7, 11) is 0. The summed E-state index contributed by atoms with van der Waals surface area (Å²) in [6, 6.07) is 22.8. The van der Waals surface area contributed by atoms with Crippen LogP contribution in [0.5, 0.6) is 0 Å².